The van der Waals surface area contributed by atoms with E-state index in [9.17, 15) is 0 Å². The predicted octanol–water partition coefficient (Wildman–Crippen LogP) is 3.76. The number of rotatable bonds is 6. The lowest BCUT2D eigenvalue weighted by Gasteiger charge is -2.26. The number of benzene rings is 1. The van der Waals surface area contributed by atoms with Gasteiger partial charge >= 0.3 is 0 Å². The first-order valence-electron chi connectivity index (χ1n) is 7.41. The Morgan fingerprint density at radius 2 is 2.11 bits per heavy atom. The summed E-state index contributed by atoms with van der Waals surface area (Å²) in [6.45, 7) is 10.2. The smallest absolute Gasteiger partial charge is 0.0329 e. The molecule has 0 bridgehead atoms. The number of nitrogens with zero attached hydrogens (tertiary/aromatic N) is 1. The third-order valence-electron chi connectivity index (χ3n) is 4.13. The number of fused-ring (bicyclic) bond motifs is 1. The number of hydrogen-bond donors (Lipinski definition) is 1. The van der Waals surface area contributed by atoms with Gasteiger partial charge < -0.3 is 10.2 Å². The standard InChI is InChI=1S/C16H25BrN2/c1-4-19(5-2)11-12(3)18-16-10-9-13-14(16)7-6-8-15(13)17/h6-8,12,16,18H,4-5,9-11H2,1-3H3. The monoisotopic (exact) mass is 324 g/mol. The van der Waals surface area contributed by atoms with E-state index in [0.29, 0.717) is 12.1 Å². The zero-order valence-corrected chi connectivity index (χ0v) is 13.8. The molecular formula is C16H25BrN2. The molecule has 1 aromatic rings. The fourth-order valence-corrected chi connectivity index (χ4v) is 3.63. The summed E-state index contributed by atoms with van der Waals surface area (Å²) in [5.41, 5.74) is 2.98. The first-order valence-corrected chi connectivity index (χ1v) is 8.20. The van der Waals surface area contributed by atoms with Crippen LogP contribution in [-0.4, -0.2) is 30.6 Å². The molecule has 19 heavy (non-hydrogen) atoms. The minimum Gasteiger partial charge on any atom is -0.306 e. The van der Waals surface area contributed by atoms with Crippen molar-refractivity contribution in [1.82, 2.24) is 10.2 Å². The quantitative estimate of drug-likeness (QED) is 0.857. The highest BCUT2D eigenvalue weighted by atomic mass is 79.9. The van der Waals surface area contributed by atoms with Crippen LogP contribution in [0.3, 0.4) is 0 Å². The summed E-state index contributed by atoms with van der Waals surface area (Å²) in [7, 11) is 0. The van der Waals surface area contributed by atoms with Crippen molar-refractivity contribution in [2.75, 3.05) is 19.6 Å². The summed E-state index contributed by atoms with van der Waals surface area (Å²) in [5.74, 6) is 0. The summed E-state index contributed by atoms with van der Waals surface area (Å²) in [4.78, 5) is 2.48. The molecule has 0 fully saturated rings. The van der Waals surface area contributed by atoms with Gasteiger partial charge in [0, 0.05) is 23.1 Å². The predicted molar refractivity (Wildman–Crippen MR) is 85.6 cm³/mol. The number of likely N-dealkylation sites (N-methyl/N-ethyl adjacent to an activating group) is 1. The minimum absolute atomic E-state index is 0.526. The largest absolute Gasteiger partial charge is 0.306 e. The highest BCUT2D eigenvalue weighted by Gasteiger charge is 2.25. The van der Waals surface area contributed by atoms with Gasteiger partial charge in [-0.1, -0.05) is 41.9 Å². The molecule has 0 radical (unpaired) electrons. The Bertz CT molecular complexity index is 415. The third kappa shape index (κ3) is 3.59. The van der Waals surface area contributed by atoms with Gasteiger partial charge in [-0.2, -0.15) is 0 Å². The fourth-order valence-electron chi connectivity index (χ4n) is 3.05. The van der Waals surface area contributed by atoms with Crippen molar-refractivity contribution in [3.05, 3.63) is 33.8 Å². The van der Waals surface area contributed by atoms with Gasteiger partial charge in [-0.15, -0.1) is 0 Å². The van der Waals surface area contributed by atoms with Gasteiger partial charge in [-0.05, 0) is 50.0 Å². The van der Waals surface area contributed by atoms with Crippen LogP contribution < -0.4 is 5.32 Å². The molecule has 2 atom stereocenters. The zero-order chi connectivity index (χ0) is 13.8. The molecule has 0 saturated heterocycles. The molecule has 2 nitrogen and oxygen atoms in total. The molecule has 1 N–H and O–H groups in total. The normalized spacial score (nSPS) is 19.7. The average molecular weight is 325 g/mol. The Morgan fingerprint density at radius 1 is 1.37 bits per heavy atom. The summed E-state index contributed by atoms with van der Waals surface area (Å²) in [5, 5.41) is 3.80. The van der Waals surface area contributed by atoms with Crippen molar-refractivity contribution in [1.29, 1.82) is 0 Å². The van der Waals surface area contributed by atoms with Crippen LogP contribution >= 0.6 is 15.9 Å². The van der Waals surface area contributed by atoms with Gasteiger partial charge in [-0.3, -0.25) is 0 Å². The lowest BCUT2D eigenvalue weighted by atomic mass is 10.1. The van der Waals surface area contributed by atoms with Crippen molar-refractivity contribution in [3.63, 3.8) is 0 Å². The summed E-state index contributed by atoms with van der Waals surface area (Å²) < 4.78 is 1.27. The maximum atomic E-state index is 3.80. The van der Waals surface area contributed by atoms with E-state index < -0.39 is 0 Å². The lowest BCUT2D eigenvalue weighted by Crippen LogP contribution is -2.40. The van der Waals surface area contributed by atoms with Crippen molar-refractivity contribution in [2.24, 2.45) is 0 Å². The van der Waals surface area contributed by atoms with Gasteiger partial charge in [0.05, 0.1) is 0 Å². The Labute approximate surface area is 125 Å². The molecule has 0 aromatic heterocycles. The van der Waals surface area contributed by atoms with E-state index in [0.717, 1.165) is 19.6 Å². The van der Waals surface area contributed by atoms with Crippen molar-refractivity contribution >= 4 is 15.9 Å². The van der Waals surface area contributed by atoms with Gasteiger partial charge in [0.15, 0.2) is 0 Å². The van der Waals surface area contributed by atoms with E-state index in [4.69, 9.17) is 0 Å². The van der Waals surface area contributed by atoms with Crippen LogP contribution in [0.25, 0.3) is 0 Å². The molecule has 0 spiro atoms. The second kappa shape index (κ2) is 6.87. The first-order chi connectivity index (χ1) is 9.15. The number of hydrogen-bond acceptors (Lipinski definition) is 2. The third-order valence-corrected chi connectivity index (χ3v) is 4.87. The molecule has 1 aliphatic rings. The van der Waals surface area contributed by atoms with Gasteiger partial charge in [-0.25, -0.2) is 0 Å². The highest BCUT2D eigenvalue weighted by molar-refractivity contribution is 9.10. The topological polar surface area (TPSA) is 15.3 Å². The Hall–Kier alpha value is -0.380. The molecule has 3 heteroatoms. The molecule has 1 aromatic carbocycles. The van der Waals surface area contributed by atoms with Crippen molar-refractivity contribution < 1.29 is 0 Å². The Balaban J connectivity index is 1.97. The second-order valence-corrected chi connectivity index (χ2v) is 6.31. The van der Waals surface area contributed by atoms with Gasteiger partial charge in [0.2, 0.25) is 0 Å². The van der Waals surface area contributed by atoms with Gasteiger partial charge in [0.25, 0.3) is 0 Å². The molecule has 1 aliphatic carbocycles. The summed E-state index contributed by atoms with van der Waals surface area (Å²) in [6, 6.07) is 7.64. The van der Waals surface area contributed by atoms with E-state index in [-0.39, 0.29) is 0 Å². The Morgan fingerprint density at radius 3 is 2.79 bits per heavy atom. The van der Waals surface area contributed by atoms with Crippen molar-refractivity contribution in [2.45, 2.75) is 45.7 Å². The summed E-state index contributed by atoms with van der Waals surface area (Å²) >= 11 is 3.67. The van der Waals surface area contributed by atoms with Crippen LogP contribution in [0.1, 0.15) is 44.4 Å². The maximum absolute atomic E-state index is 3.80. The second-order valence-electron chi connectivity index (χ2n) is 5.45. The highest BCUT2D eigenvalue weighted by Crippen LogP contribution is 2.35. The van der Waals surface area contributed by atoms with E-state index in [1.165, 1.54) is 28.4 Å². The first kappa shape index (κ1) is 15.0. The minimum atomic E-state index is 0.526. The molecule has 0 heterocycles. The Kier molecular flexibility index (Phi) is 5.43. The van der Waals surface area contributed by atoms with Crippen molar-refractivity contribution in [3.8, 4) is 0 Å². The van der Waals surface area contributed by atoms with Gasteiger partial charge in [0.1, 0.15) is 0 Å². The number of nitrogens with one attached hydrogen (secondary N) is 1. The van der Waals surface area contributed by atoms with Crippen LogP contribution in [0.5, 0.6) is 0 Å². The van der Waals surface area contributed by atoms with Crippen LogP contribution in [-0.2, 0) is 6.42 Å². The maximum Gasteiger partial charge on any atom is 0.0329 e. The fraction of sp³-hybridized carbons (Fsp3) is 0.625. The SMILES string of the molecule is CCN(CC)CC(C)NC1CCc2c(Br)cccc21. The molecule has 0 saturated carbocycles. The molecule has 0 amide bonds. The molecule has 2 rings (SSSR count). The molecule has 2 unspecified atom stereocenters. The average Bonchev–Trinajstić information content (AvgIpc) is 2.81. The van der Waals surface area contributed by atoms with E-state index in [1.54, 1.807) is 0 Å². The number of halogens is 1. The molecule has 0 aliphatic heterocycles. The van der Waals surface area contributed by atoms with E-state index in [1.807, 2.05) is 0 Å². The zero-order valence-electron chi connectivity index (χ0n) is 12.2. The van der Waals surface area contributed by atoms with E-state index in [2.05, 4.69) is 65.1 Å². The van der Waals surface area contributed by atoms with Crippen LogP contribution in [0, 0.1) is 0 Å². The van der Waals surface area contributed by atoms with Crippen LogP contribution in [0.15, 0.2) is 22.7 Å². The lowest BCUT2D eigenvalue weighted by molar-refractivity contribution is 0.261. The molecule has 106 valence electrons. The van der Waals surface area contributed by atoms with Crippen LogP contribution in [0.2, 0.25) is 0 Å². The van der Waals surface area contributed by atoms with Crippen LogP contribution in [0.4, 0.5) is 0 Å². The summed E-state index contributed by atoms with van der Waals surface area (Å²) in [6.07, 6.45) is 2.41. The van der Waals surface area contributed by atoms with E-state index >= 15 is 0 Å². The molecular weight excluding hydrogens is 300 g/mol.